The first-order valence-corrected chi connectivity index (χ1v) is 5.41. The Morgan fingerprint density at radius 1 is 1.60 bits per heavy atom. The van der Waals surface area contributed by atoms with Gasteiger partial charge in [-0.25, -0.2) is 4.79 Å². The number of nitrogens with two attached hydrogens (primary N) is 1. The van der Waals surface area contributed by atoms with Gasteiger partial charge in [-0.15, -0.1) is 0 Å². The van der Waals surface area contributed by atoms with E-state index in [4.69, 9.17) is 5.73 Å². The number of nitrogens with zero attached hydrogens (tertiary/aromatic N) is 2. The van der Waals surface area contributed by atoms with Crippen molar-refractivity contribution in [2.45, 2.75) is 19.4 Å². The van der Waals surface area contributed by atoms with E-state index in [9.17, 15) is 4.79 Å². The molecule has 0 aromatic heterocycles. The highest BCUT2D eigenvalue weighted by molar-refractivity contribution is 5.76. The molecule has 1 rings (SSSR count). The number of carbonyl (C=O) groups excluding carboxylic acids is 1. The lowest BCUT2D eigenvalue weighted by atomic mass is 10.0. The molecule has 1 saturated heterocycles. The Bertz CT molecular complexity index is 229. The molecule has 0 aromatic carbocycles. The molecular weight excluding hydrogens is 192 g/mol. The molecule has 0 aromatic rings. The predicted molar refractivity (Wildman–Crippen MR) is 60.7 cm³/mol. The van der Waals surface area contributed by atoms with Gasteiger partial charge < -0.3 is 16.0 Å². The van der Waals surface area contributed by atoms with E-state index in [1.54, 1.807) is 0 Å². The number of amides is 2. The Morgan fingerprint density at radius 3 is 2.73 bits per heavy atom. The Labute approximate surface area is 91.6 Å². The molecule has 0 aliphatic carbocycles. The molecule has 1 aliphatic heterocycles. The lowest BCUT2D eigenvalue weighted by Gasteiger charge is -2.35. The van der Waals surface area contributed by atoms with E-state index < -0.39 is 0 Å². The van der Waals surface area contributed by atoms with Crippen LogP contribution in [-0.2, 0) is 0 Å². The molecule has 0 bridgehead atoms. The lowest BCUT2D eigenvalue weighted by molar-refractivity contribution is 0.146. The fourth-order valence-corrected chi connectivity index (χ4v) is 1.45. The molecule has 1 heterocycles. The molecule has 88 valence electrons. The van der Waals surface area contributed by atoms with E-state index in [1.807, 2.05) is 11.9 Å². The van der Waals surface area contributed by atoms with Gasteiger partial charge in [-0.2, -0.15) is 0 Å². The third-order valence-corrected chi connectivity index (χ3v) is 3.18. The summed E-state index contributed by atoms with van der Waals surface area (Å²) in [7, 11) is 2.04. The van der Waals surface area contributed by atoms with Crippen molar-refractivity contribution in [3.8, 4) is 0 Å². The Balaban J connectivity index is 2.33. The maximum atomic E-state index is 11.3. The van der Waals surface area contributed by atoms with Gasteiger partial charge in [0, 0.05) is 38.3 Å². The summed E-state index contributed by atoms with van der Waals surface area (Å²) in [4.78, 5) is 15.3. The highest BCUT2D eigenvalue weighted by Crippen LogP contribution is 2.09. The molecule has 1 fully saturated rings. The minimum atomic E-state index is -0.00377. The van der Waals surface area contributed by atoms with Crippen LogP contribution in [0.4, 0.5) is 4.79 Å². The molecule has 0 atom stereocenters. The van der Waals surface area contributed by atoms with Gasteiger partial charge in [-0.1, -0.05) is 0 Å². The molecule has 15 heavy (non-hydrogen) atoms. The lowest BCUT2D eigenvalue weighted by Crippen LogP contribution is -2.49. The number of rotatable bonds is 5. The van der Waals surface area contributed by atoms with Crippen LogP contribution in [0.25, 0.3) is 0 Å². The summed E-state index contributed by atoms with van der Waals surface area (Å²) in [6, 6.07) is 0.0500. The number of nitrogens with one attached hydrogen (secondary N) is 1. The van der Waals surface area contributed by atoms with E-state index in [-0.39, 0.29) is 11.6 Å². The van der Waals surface area contributed by atoms with E-state index in [2.05, 4.69) is 24.1 Å². The molecule has 0 spiro atoms. The normalized spacial score (nSPS) is 17.4. The standard InChI is InChI=1S/C10H22N4O/c1-10(2,8-11)13(3)6-7-14-5-4-12-9(14)15/h4-8,11H2,1-3H3,(H,12,15). The maximum absolute atomic E-state index is 11.3. The van der Waals surface area contributed by atoms with Crippen molar-refractivity contribution >= 4 is 6.03 Å². The van der Waals surface area contributed by atoms with Crippen molar-refractivity contribution in [1.29, 1.82) is 0 Å². The SMILES string of the molecule is CN(CCN1CCNC1=O)C(C)(C)CN. The van der Waals surface area contributed by atoms with E-state index in [1.165, 1.54) is 0 Å². The van der Waals surface area contributed by atoms with Crippen LogP contribution in [0.1, 0.15) is 13.8 Å². The summed E-state index contributed by atoms with van der Waals surface area (Å²) in [6.45, 7) is 8.05. The van der Waals surface area contributed by atoms with Gasteiger partial charge in [0.25, 0.3) is 0 Å². The van der Waals surface area contributed by atoms with Crippen LogP contribution < -0.4 is 11.1 Å². The van der Waals surface area contributed by atoms with Crippen LogP contribution in [0.2, 0.25) is 0 Å². The minimum absolute atomic E-state index is 0.00377. The first-order chi connectivity index (χ1) is 6.97. The van der Waals surface area contributed by atoms with E-state index >= 15 is 0 Å². The van der Waals surface area contributed by atoms with Crippen LogP contribution in [0.15, 0.2) is 0 Å². The van der Waals surface area contributed by atoms with E-state index in [0.717, 1.165) is 26.2 Å². The Morgan fingerprint density at radius 2 is 2.27 bits per heavy atom. The van der Waals surface area contributed by atoms with Gasteiger partial charge in [-0.05, 0) is 20.9 Å². The fourth-order valence-electron chi connectivity index (χ4n) is 1.45. The third kappa shape index (κ3) is 3.07. The van der Waals surface area contributed by atoms with Crippen LogP contribution in [0.3, 0.4) is 0 Å². The van der Waals surface area contributed by atoms with Crippen molar-refractivity contribution in [3.05, 3.63) is 0 Å². The van der Waals surface area contributed by atoms with Crippen molar-refractivity contribution in [2.75, 3.05) is 39.8 Å². The third-order valence-electron chi connectivity index (χ3n) is 3.18. The number of hydrogen-bond acceptors (Lipinski definition) is 3. The van der Waals surface area contributed by atoms with Crippen LogP contribution in [0.5, 0.6) is 0 Å². The number of likely N-dealkylation sites (N-methyl/N-ethyl adjacent to an activating group) is 1. The van der Waals surface area contributed by atoms with Gasteiger partial charge in [0.15, 0.2) is 0 Å². The summed E-state index contributed by atoms with van der Waals surface area (Å²) in [6.07, 6.45) is 0. The molecule has 5 nitrogen and oxygen atoms in total. The summed E-state index contributed by atoms with van der Waals surface area (Å²) in [5.74, 6) is 0. The number of carbonyl (C=O) groups is 1. The average Bonchev–Trinajstić information content (AvgIpc) is 2.60. The van der Waals surface area contributed by atoms with Gasteiger partial charge >= 0.3 is 6.03 Å². The van der Waals surface area contributed by atoms with Crippen molar-refractivity contribution in [2.24, 2.45) is 5.73 Å². The first kappa shape index (κ1) is 12.3. The van der Waals surface area contributed by atoms with Crippen LogP contribution in [-0.4, -0.2) is 61.1 Å². The molecule has 0 saturated carbocycles. The van der Waals surface area contributed by atoms with Gasteiger partial charge in [0.05, 0.1) is 0 Å². The maximum Gasteiger partial charge on any atom is 0.317 e. The zero-order valence-corrected chi connectivity index (χ0v) is 9.92. The summed E-state index contributed by atoms with van der Waals surface area (Å²) < 4.78 is 0. The van der Waals surface area contributed by atoms with Crippen molar-refractivity contribution < 1.29 is 4.79 Å². The molecule has 1 aliphatic rings. The molecule has 0 radical (unpaired) electrons. The molecule has 3 N–H and O–H groups in total. The quantitative estimate of drug-likeness (QED) is 0.659. The van der Waals surface area contributed by atoms with E-state index in [0.29, 0.717) is 6.54 Å². The van der Waals surface area contributed by atoms with Crippen molar-refractivity contribution in [1.82, 2.24) is 15.1 Å². The van der Waals surface area contributed by atoms with Gasteiger partial charge in [0.1, 0.15) is 0 Å². The minimum Gasteiger partial charge on any atom is -0.336 e. The molecule has 2 amide bonds. The second kappa shape index (κ2) is 4.81. The number of urea groups is 1. The van der Waals surface area contributed by atoms with Crippen molar-refractivity contribution in [3.63, 3.8) is 0 Å². The molecule has 0 unspecified atom stereocenters. The zero-order valence-electron chi connectivity index (χ0n) is 9.92. The van der Waals surface area contributed by atoms with Gasteiger partial charge in [0.2, 0.25) is 0 Å². The molecular formula is C10H22N4O. The van der Waals surface area contributed by atoms with Crippen LogP contribution in [0, 0.1) is 0 Å². The Hall–Kier alpha value is -0.810. The van der Waals surface area contributed by atoms with Crippen LogP contribution >= 0.6 is 0 Å². The monoisotopic (exact) mass is 214 g/mol. The first-order valence-electron chi connectivity index (χ1n) is 5.41. The highest BCUT2D eigenvalue weighted by Gasteiger charge is 2.24. The average molecular weight is 214 g/mol. The topological polar surface area (TPSA) is 61.6 Å². The Kier molecular flexibility index (Phi) is 3.93. The predicted octanol–water partition coefficient (Wildman–Crippen LogP) is -0.319. The summed E-state index contributed by atoms with van der Waals surface area (Å²) >= 11 is 0. The van der Waals surface area contributed by atoms with Gasteiger partial charge in [-0.3, -0.25) is 4.90 Å². The number of hydrogen-bond donors (Lipinski definition) is 2. The summed E-state index contributed by atoms with van der Waals surface area (Å²) in [5, 5.41) is 2.79. The zero-order chi connectivity index (χ0) is 11.5. The fraction of sp³-hybridized carbons (Fsp3) is 0.900. The second-order valence-corrected chi connectivity index (χ2v) is 4.66. The largest absolute Gasteiger partial charge is 0.336 e. The summed E-state index contributed by atoms with van der Waals surface area (Å²) in [5.41, 5.74) is 5.68. The molecule has 5 heteroatoms. The second-order valence-electron chi connectivity index (χ2n) is 4.66. The highest BCUT2D eigenvalue weighted by atomic mass is 16.2. The smallest absolute Gasteiger partial charge is 0.317 e.